The molecule has 5 nitrogen and oxygen atoms in total. The minimum atomic E-state index is 0. The fourth-order valence-corrected chi connectivity index (χ4v) is 3.17. The molecule has 0 unspecified atom stereocenters. The van der Waals surface area contributed by atoms with E-state index in [0.29, 0.717) is 6.04 Å². The number of guanidine groups is 1. The van der Waals surface area contributed by atoms with E-state index in [0.717, 1.165) is 36.8 Å². The lowest BCUT2D eigenvalue weighted by Gasteiger charge is -2.24. The Morgan fingerprint density at radius 1 is 1.12 bits per heavy atom. The molecule has 1 aliphatic carbocycles. The maximum Gasteiger partial charge on any atom is 0.191 e. The summed E-state index contributed by atoms with van der Waals surface area (Å²) >= 11 is 0. The number of aryl methyl sites for hydroxylation is 1. The Labute approximate surface area is 169 Å². The van der Waals surface area contributed by atoms with Crippen molar-refractivity contribution in [1.29, 1.82) is 0 Å². The molecule has 142 valence electrons. The summed E-state index contributed by atoms with van der Waals surface area (Å²) in [5, 5.41) is 6.96. The first-order valence-electron chi connectivity index (χ1n) is 8.95. The number of rotatable bonds is 7. The largest absolute Gasteiger partial charge is 0.493 e. The number of methoxy groups -OCH3 is 2. The highest BCUT2D eigenvalue weighted by Crippen LogP contribution is 2.27. The molecule has 0 heterocycles. The van der Waals surface area contributed by atoms with Crippen LogP contribution in [0.3, 0.4) is 0 Å². The maximum atomic E-state index is 5.35. The Kier molecular flexibility index (Phi) is 10.7. The van der Waals surface area contributed by atoms with Gasteiger partial charge < -0.3 is 20.1 Å². The highest BCUT2D eigenvalue weighted by Gasteiger charge is 2.14. The van der Waals surface area contributed by atoms with Gasteiger partial charge in [0.25, 0.3) is 0 Å². The zero-order valence-corrected chi connectivity index (χ0v) is 18.0. The maximum absolute atomic E-state index is 5.35. The van der Waals surface area contributed by atoms with E-state index in [-0.39, 0.29) is 24.0 Å². The Morgan fingerprint density at radius 2 is 1.84 bits per heavy atom. The number of halogens is 1. The van der Waals surface area contributed by atoms with Gasteiger partial charge in [-0.25, -0.2) is 0 Å². The second kappa shape index (κ2) is 12.2. The molecule has 0 radical (unpaired) electrons. The van der Waals surface area contributed by atoms with Crippen LogP contribution in [-0.2, 0) is 6.42 Å². The smallest absolute Gasteiger partial charge is 0.191 e. The van der Waals surface area contributed by atoms with Gasteiger partial charge in [-0.2, -0.15) is 0 Å². The fourth-order valence-electron chi connectivity index (χ4n) is 3.17. The first kappa shape index (κ1) is 21.9. The van der Waals surface area contributed by atoms with Crippen molar-refractivity contribution in [3.63, 3.8) is 0 Å². The van der Waals surface area contributed by atoms with Gasteiger partial charge >= 0.3 is 0 Å². The summed E-state index contributed by atoms with van der Waals surface area (Å²) in [6.45, 7) is 0.904. The molecule has 2 N–H and O–H groups in total. The summed E-state index contributed by atoms with van der Waals surface area (Å²) in [7, 11) is 5.17. The van der Waals surface area contributed by atoms with Crippen molar-refractivity contribution in [2.45, 2.75) is 51.0 Å². The number of hydrogen-bond donors (Lipinski definition) is 2. The van der Waals surface area contributed by atoms with Crippen LogP contribution in [0.5, 0.6) is 11.5 Å². The van der Waals surface area contributed by atoms with Crippen LogP contribution in [0.2, 0.25) is 0 Å². The molecule has 0 aromatic heterocycles. The van der Waals surface area contributed by atoms with Crippen molar-refractivity contribution < 1.29 is 9.47 Å². The predicted molar refractivity (Wildman–Crippen MR) is 115 cm³/mol. The van der Waals surface area contributed by atoms with Gasteiger partial charge in [-0.3, -0.25) is 4.99 Å². The quantitative estimate of drug-likeness (QED) is 0.281. The number of aliphatic imine (C=N–C) groups is 1. The SMILES string of the molecule is CN=C(NCCCc1ccc(OC)c(OC)c1)NC1CCCCC1.I. The molecule has 0 bridgehead atoms. The first-order chi connectivity index (χ1) is 11.8. The molecule has 0 atom stereocenters. The average molecular weight is 461 g/mol. The molecular weight excluding hydrogens is 429 g/mol. The van der Waals surface area contributed by atoms with Crippen molar-refractivity contribution in [3.05, 3.63) is 23.8 Å². The minimum absolute atomic E-state index is 0. The van der Waals surface area contributed by atoms with Crippen molar-refractivity contribution >= 4 is 29.9 Å². The normalized spacial score (nSPS) is 15.2. The second-order valence-corrected chi connectivity index (χ2v) is 6.27. The third kappa shape index (κ3) is 7.30. The van der Waals surface area contributed by atoms with E-state index in [1.165, 1.54) is 37.7 Å². The highest BCUT2D eigenvalue weighted by atomic mass is 127. The van der Waals surface area contributed by atoms with Gasteiger partial charge in [-0.1, -0.05) is 25.3 Å². The minimum Gasteiger partial charge on any atom is -0.493 e. The molecule has 2 rings (SSSR count). The van der Waals surface area contributed by atoms with E-state index >= 15 is 0 Å². The molecule has 1 aromatic rings. The molecule has 0 saturated heterocycles. The zero-order chi connectivity index (χ0) is 17.2. The first-order valence-corrected chi connectivity index (χ1v) is 8.95. The summed E-state index contributed by atoms with van der Waals surface area (Å²) < 4.78 is 10.6. The van der Waals surface area contributed by atoms with E-state index < -0.39 is 0 Å². The fraction of sp³-hybridized carbons (Fsp3) is 0.632. The lowest BCUT2D eigenvalue weighted by Crippen LogP contribution is -2.44. The lowest BCUT2D eigenvalue weighted by molar-refractivity contribution is 0.354. The third-order valence-electron chi connectivity index (χ3n) is 4.55. The molecule has 1 fully saturated rings. The molecule has 1 aromatic carbocycles. The highest BCUT2D eigenvalue weighted by molar-refractivity contribution is 14.0. The Morgan fingerprint density at radius 3 is 2.48 bits per heavy atom. The summed E-state index contributed by atoms with van der Waals surface area (Å²) in [5.74, 6) is 2.49. The van der Waals surface area contributed by atoms with Gasteiger partial charge in [0, 0.05) is 19.6 Å². The van der Waals surface area contributed by atoms with Crippen LogP contribution in [0.25, 0.3) is 0 Å². The van der Waals surface area contributed by atoms with Crippen molar-refractivity contribution in [2.75, 3.05) is 27.8 Å². The second-order valence-electron chi connectivity index (χ2n) is 6.27. The molecule has 0 spiro atoms. The Bertz CT molecular complexity index is 531. The number of benzene rings is 1. The number of nitrogens with one attached hydrogen (secondary N) is 2. The number of nitrogens with zero attached hydrogens (tertiary/aromatic N) is 1. The summed E-state index contributed by atoms with van der Waals surface area (Å²) in [5.41, 5.74) is 1.25. The van der Waals surface area contributed by atoms with Crippen LogP contribution in [0, 0.1) is 0 Å². The zero-order valence-electron chi connectivity index (χ0n) is 15.6. The molecule has 0 aliphatic heterocycles. The summed E-state index contributed by atoms with van der Waals surface area (Å²) in [6, 6.07) is 6.69. The van der Waals surface area contributed by atoms with Crippen molar-refractivity contribution in [2.24, 2.45) is 4.99 Å². The van der Waals surface area contributed by atoms with Crippen LogP contribution in [0.1, 0.15) is 44.1 Å². The topological polar surface area (TPSA) is 54.9 Å². The van der Waals surface area contributed by atoms with Gasteiger partial charge in [0.05, 0.1) is 14.2 Å². The van der Waals surface area contributed by atoms with E-state index in [9.17, 15) is 0 Å². The summed E-state index contributed by atoms with van der Waals surface area (Å²) in [6.07, 6.45) is 8.57. The molecular formula is C19H32IN3O2. The van der Waals surface area contributed by atoms with Gasteiger partial charge in [0.1, 0.15) is 0 Å². The van der Waals surface area contributed by atoms with Crippen LogP contribution in [-0.4, -0.2) is 39.8 Å². The molecule has 1 aliphatic rings. The van der Waals surface area contributed by atoms with E-state index in [2.05, 4.69) is 21.7 Å². The van der Waals surface area contributed by atoms with Crippen molar-refractivity contribution in [3.8, 4) is 11.5 Å². The monoisotopic (exact) mass is 461 g/mol. The van der Waals surface area contributed by atoms with E-state index in [4.69, 9.17) is 9.47 Å². The summed E-state index contributed by atoms with van der Waals surface area (Å²) in [4.78, 5) is 4.33. The molecule has 25 heavy (non-hydrogen) atoms. The predicted octanol–water partition coefficient (Wildman–Crippen LogP) is 3.75. The van der Waals surface area contributed by atoms with Gasteiger partial charge in [0.15, 0.2) is 17.5 Å². The molecule has 0 amide bonds. The van der Waals surface area contributed by atoms with Gasteiger partial charge in [-0.05, 0) is 43.4 Å². The van der Waals surface area contributed by atoms with Gasteiger partial charge in [-0.15, -0.1) is 24.0 Å². The number of ether oxygens (including phenoxy) is 2. The van der Waals surface area contributed by atoms with Crippen LogP contribution < -0.4 is 20.1 Å². The van der Waals surface area contributed by atoms with Crippen molar-refractivity contribution in [1.82, 2.24) is 10.6 Å². The van der Waals surface area contributed by atoms with Gasteiger partial charge in [0.2, 0.25) is 0 Å². The molecule has 6 heteroatoms. The standard InChI is InChI=1S/C19H31N3O2.HI/c1-20-19(22-16-9-5-4-6-10-16)21-13-7-8-15-11-12-17(23-2)18(14-15)24-3;/h11-12,14,16H,4-10,13H2,1-3H3,(H2,20,21,22);1H. The van der Waals surface area contributed by atoms with E-state index in [1.807, 2.05) is 19.2 Å². The molecule has 1 saturated carbocycles. The number of hydrogen-bond acceptors (Lipinski definition) is 3. The van der Waals surface area contributed by atoms with E-state index in [1.54, 1.807) is 14.2 Å². The van der Waals surface area contributed by atoms with Crippen LogP contribution in [0.15, 0.2) is 23.2 Å². The lowest BCUT2D eigenvalue weighted by atomic mass is 9.96. The Balaban J connectivity index is 0.00000312. The van der Waals surface area contributed by atoms with Crippen LogP contribution in [0.4, 0.5) is 0 Å². The average Bonchev–Trinajstić information content (AvgIpc) is 2.64. The third-order valence-corrected chi connectivity index (χ3v) is 4.55. The Hall–Kier alpha value is -1.18. The van der Waals surface area contributed by atoms with Crippen LogP contribution >= 0.6 is 24.0 Å².